The van der Waals surface area contributed by atoms with E-state index in [9.17, 15) is 14.4 Å². The van der Waals surface area contributed by atoms with Gasteiger partial charge in [0.15, 0.2) is 0 Å². The summed E-state index contributed by atoms with van der Waals surface area (Å²) < 4.78 is 7.36. The number of nitrogens with zero attached hydrogens (tertiary/aromatic N) is 5. The third kappa shape index (κ3) is 7.22. The normalized spacial score (nSPS) is 17.3. The lowest BCUT2D eigenvalue weighted by Gasteiger charge is -2.38. The number of benzene rings is 1. The number of rotatable bonds is 7. The van der Waals surface area contributed by atoms with Gasteiger partial charge in [0.2, 0.25) is 5.91 Å². The van der Waals surface area contributed by atoms with Crippen molar-refractivity contribution >= 4 is 30.2 Å². The maximum atomic E-state index is 12.7. The van der Waals surface area contributed by atoms with Crippen molar-refractivity contribution in [3.63, 3.8) is 0 Å². The van der Waals surface area contributed by atoms with Crippen LogP contribution in [0, 0.1) is 0 Å². The molecule has 13 heteroatoms. The summed E-state index contributed by atoms with van der Waals surface area (Å²) >= 11 is 0. The van der Waals surface area contributed by atoms with Crippen LogP contribution < -0.4 is 27.2 Å². The number of ether oxygens (including phenoxy) is 1. The van der Waals surface area contributed by atoms with Crippen LogP contribution in [-0.4, -0.2) is 99.7 Å². The van der Waals surface area contributed by atoms with Crippen LogP contribution in [0.2, 0.25) is 0 Å². The second-order valence-corrected chi connectivity index (χ2v) is 10.3. The van der Waals surface area contributed by atoms with Gasteiger partial charge in [0.1, 0.15) is 17.7 Å². The van der Waals surface area contributed by atoms with E-state index >= 15 is 0 Å². The molecule has 0 radical (unpaired) electrons. The summed E-state index contributed by atoms with van der Waals surface area (Å²) in [6, 6.07) is 8.64. The van der Waals surface area contributed by atoms with Crippen LogP contribution in [0.15, 0.2) is 41.3 Å². The van der Waals surface area contributed by atoms with Gasteiger partial charge in [0, 0.05) is 58.1 Å². The second-order valence-electron chi connectivity index (χ2n) is 10.3. The zero-order chi connectivity index (χ0) is 26.7. The molecule has 2 saturated heterocycles. The van der Waals surface area contributed by atoms with Crippen molar-refractivity contribution in [1.29, 1.82) is 0 Å². The van der Waals surface area contributed by atoms with Crippen LogP contribution in [-0.2, 0) is 4.79 Å². The fourth-order valence-electron chi connectivity index (χ4n) is 4.46. The molecule has 1 unspecified atom stereocenters. The zero-order valence-electron chi connectivity index (χ0n) is 22.0. The minimum atomic E-state index is -0.951. The summed E-state index contributed by atoms with van der Waals surface area (Å²) in [5.74, 6) is 0.721. The van der Waals surface area contributed by atoms with Gasteiger partial charge in [0.25, 0.3) is 0 Å². The largest absolute Gasteiger partial charge is 0.489 e. The number of hydrogen-bond acceptors (Lipinski definition) is 8. The fraction of sp³-hybridized carbons (Fsp3) is 0.520. The Hall–Kier alpha value is -3.19. The van der Waals surface area contributed by atoms with E-state index in [2.05, 4.69) is 15.2 Å². The molecule has 0 spiro atoms. The van der Waals surface area contributed by atoms with Gasteiger partial charge < -0.3 is 26.0 Å². The van der Waals surface area contributed by atoms with Crippen molar-refractivity contribution in [3.05, 3.63) is 47.0 Å². The van der Waals surface area contributed by atoms with Gasteiger partial charge in [-0.05, 0) is 51.1 Å². The monoisotopic (exact) mass is 548 g/mol. The number of halogens is 1. The van der Waals surface area contributed by atoms with Crippen molar-refractivity contribution in [2.24, 2.45) is 11.5 Å². The van der Waals surface area contributed by atoms with Crippen molar-refractivity contribution in [1.82, 2.24) is 24.3 Å². The van der Waals surface area contributed by atoms with Crippen LogP contribution >= 0.6 is 12.4 Å². The molecule has 1 atom stereocenters. The molecule has 5 N–H and O–H groups in total. The summed E-state index contributed by atoms with van der Waals surface area (Å²) in [5.41, 5.74) is 10.9. The van der Waals surface area contributed by atoms with Crippen LogP contribution in [0.3, 0.4) is 0 Å². The van der Waals surface area contributed by atoms with E-state index < -0.39 is 11.2 Å². The first-order chi connectivity index (χ1) is 17.5. The summed E-state index contributed by atoms with van der Waals surface area (Å²) in [5, 5.41) is 2.67. The van der Waals surface area contributed by atoms with Crippen molar-refractivity contribution in [3.8, 4) is 11.4 Å². The smallest absolute Gasteiger partial charge is 0.354 e. The minimum absolute atomic E-state index is 0. The first kappa shape index (κ1) is 29.4. The highest BCUT2D eigenvalue weighted by Crippen LogP contribution is 2.17. The van der Waals surface area contributed by atoms with E-state index in [4.69, 9.17) is 16.2 Å². The standard InChI is InChI=1S/C25H36N8O4.ClH/c1-17(14-30-15-18(26)16-30)37-20-6-4-19(5-7-20)33-9-8-21(29-24(33)36)28-23(35)32-12-10-31(11-13-32)22(34)25(2,3)27;/h4-9,17-18H,10-16,26-27H2,1-3H3,(H,28,29,35,36);1H. The average Bonchev–Trinajstić information content (AvgIpc) is 2.83. The number of amides is 3. The maximum absolute atomic E-state index is 12.7. The Kier molecular flexibility index (Phi) is 9.36. The van der Waals surface area contributed by atoms with Crippen LogP contribution in [0.5, 0.6) is 5.75 Å². The number of urea groups is 1. The molecule has 208 valence electrons. The van der Waals surface area contributed by atoms with Crippen LogP contribution in [0.25, 0.3) is 5.69 Å². The molecule has 2 fully saturated rings. The first-order valence-electron chi connectivity index (χ1n) is 12.5. The summed E-state index contributed by atoms with van der Waals surface area (Å²) in [7, 11) is 0. The predicted molar refractivity (Wildman–Crippen MR) is 147 cm³/mol. The number of piperazine rings is 1. The predicted octanol–water partition coefficient (Wildman–Crippen LogP) is 0.478. The lowest BCUT2D eigenvalue weighted by atomic mass is 10.1. The molecular weight excluding hydrogens is 512 g/mol. The van der Waals surface area contributed by atoms with Gasteiger partial charge >= 0.3 is 11.7 Å². The molecule has 0 saturated carbocycles. The van der Waals surface area contributed by atoms with Crippen LogP contribution in [0.4, 0.5) is 10.6 Å². The Morgan fingerprint density at radius 2 is 1.71 bits per heavy atom. The molecule has 0 bridgehead atoms. The van der Waals surface area contributed by atoms with Crippen LogP contribution in [0.1, 0.15) is 20.8 Å². The highest BCUT2D eigenvalue weighted by molar-refractivity contribution is 5.89. The number of aromatic nitrogens is 2. The number of hydrogen-bond donors (Lipinski definition) is 3. The molecule has 2 aromatic rings. The van der Waals surface area contributed by atoms with E-state index in [-0.39, 0.29) is 42.3 Å². The molecule has 2 aliphatic rings. The quantitative estimate of drug-likeness (QED) is 0.452. The summed E-state index contributed by atoms with van der Waals surface area (Å²) in [6.07, 6.45) is 1.58. The van der Waals surface area contributed by atoms with Gasteiger partial charge in [0.05, 0.1) is 11.2 Å². The Balaban J connectivity index is 0.00000400. The number of likely N-dealkylation sites (tertiary alicyclic amines) is 1. The number of nitrogens with one attached hydrogen (secondary N) is 1. The third-order valence-corrected chi connectivity index (χ3v) is 6.40. The lowest BCUT2D eigenvalue weighted by Crippen LogP contribution is -2.58. The van der Waals surface area contributed by atoms with Gasteiger partial charge in [-0.3, -0.25) is 19.6 Å². The van der Waals surface area contributed by atoms with Gasteiger partial charge in [-0.25, -0.2) is 9.59 Å². The Labute approximate surface area is 228 Å². The minimum Gasteiger partial charge on any atom is -0.489 e. The molecule has 2 aliphatic heterocycles. The summed E-state index contributed by atoms with van der Waals surface area (Å²) in [6.45, 7) is 9.46. The fourth-order valence-corrected chi connectivity index (χ4v) is 4.46. The highest BCUT2D eigenvalue weighted by Gasteiger charge is 2.31. The molecule has 4 rings (SSSR count). The first-order valence-corrected chi connectivity index (χ1v) is 12.5. The third-order valence-electron chi connectivity index (χ3n) is 6.40. The van der Waals surface area contributed by atoms with E-state index in [1.165, 1.54) is 4.57 Å². The molecule has 1 aromatic carbocycles. The van der Waals surface area contributed by atoms with Crippen molar-refractivity contribution in [2.75, 3.05) is 51.1 Å². The second kappa shape index (κ2) is 12.1. The van der Waals surface area contributed by atoms with Crippen molar-refractivity contribution < 1.29 is 14.3 Å². The Bertz CT molecular complexity index is 1170. The van der Waals surface area contributed by atoms with E-state index in [0.29, 0.717) is 37.6 Å². The molecule has 38 heavy (non-hydrogen) atoms. The maximum Gasteiger partial charge on any atom is 0.354 e. The molecule has 0 aliphatic carbocycles. The molecule has 3 heterocycles. The number of carbonyl (C=O) groups excluding carboxylic acids is 2. The van der Waals surface area contributed by atoms with Gasteiger partial charge in [-0.2, -0.15) is 4.98 Å². The van der Waals surface area contributed by atoms with E-state index in [1.807, 2.05) is 19.1 Å². The zero-order valence-corrected chi connectivity index (χ0v) is 22.8. The molecule has 12 nitrogen and oxygen atoms in total. The summed E-state index contributed by atoms with van der Waals surface area (Å²) in [4.78, 5) is 47.1. The lowest BCUT2D eigenvalue weighted by molar-refractivity contribution is -0.137. The molecule has 3 amide bonds. The Morgan fingerprint density at radius 3 is 2.26 bits per heavy atom. The van der Waals surface area contributed by atoms with Gasteiger partial charge in [-0.15, -0.1) is 12.4 Å². The average molecular weight is 549 g/mol. The molecule has 1 aromatic heterocycles. The number of anilines is 1. The molecular formula is C25H37ClN8O4. The van der Waals surface area contributed by atoms with Gasteiger partial charge in [-0.1, -0.05) is 0 Å². The van der Waals surface area contributed by atoms with Crippen molar-refractivity contribution in [2.45, 2.75) is 38.5 Å². The van der Waals surface area contributed by atoms with E-state index in [0.717, 1.165) is 19.6 Å². The topological polar surface area (TPSA) is 152 Å². The number of carbonyl (C=O) groups is 2. The number of nitrogens with two attached hydrogens (primary N) is 2. The SMILES string of the molecule is CC(CN1CC(N)C1)Oc1ccc(-n2ccc(NC(=O)N3CCN(C(=O)C(C)(C)N)CC3)nc2=O)cc1.Cl. The van der Waals surface area contributed by atoms with E-state index in [1.54, 1.807) is 48.0 Å². The Morgan fingerprint density at radius 1 is 1.11 bits per heavy atom. The highest BCUT2D eigenvalue weighted by atomic mass is 35.5.